The van der Waals surface area contributed by atoms with E-state index < -0.39 is 0 Å². The zero-order valence-electron chi connectivity index (χ0n) is 12.3. The molecule has 3 heteroatoms. The molecule has 0 radical (unpaired) electrons. The fraction of sp³-hybridized carbons (Fsp3) is 0.278. The summed E-state index contributed by atoms with van der Waals surface area (Å²) < 4.78 is 4.79. The molecule has 110 valence electrons. The maximum absolute atomic E-state index is 11.6. The minimum absolute atomic E-state index is 0.0695. The maximum Gasteiger partial charge on any atom is 0.307 e. The van der Waals surface area contributed by atoms with Crippen molar-refractivity contribution in [3.8, 4) is 0 Å². The molecule has 1 N–H and O–H groups in total. The highest BCUT2D eigenvalue weighted by Crippen LogP contribution is 2.14. The number of methoxy groups -OCH3 is 1. The molecule has 0 aliphatic heterocycles. The number of anilines is 1. The van der Waals surface area contributed by atoms with Gasteiger partial charge in [-0.2, -0.15) is 0 Å². The van der Waals surface area contributed by atoms with Gasteiger partial charge in [0.25, 0.3) is 0 Å². The Morgan fingerprint density at radius 3 is 2.29 bits per heavy atom. The number of carbonyl (C=O) groups excluding carboxylic acids is 1. The van der Waals surface area contributed by atoms with Gasteiger partial charge in [-0.3, -0.25) is 4.79 Å². The van der Waals surface area contributed by atoms with E-state index in [2.05, 4.69) is 17.4 Å². The molecule has 0 heterocycles. The van der Waals surface area contributed by atoms with Crippen molar-refractivity contribution in [3.63, 3.8) is 0 Å². The van der Waals surface area contributed by atoms with E-state index in [-0.39, 0.29) is 12.0 Å². The third kappa shape index (κ3) is 5.30. The fourth-order valence-electron chi connectivity index (χ4n) is 2.27. The number of benzene rings is 2. The van der Waals surface area contributed by atoms with Crippen LogP contribution in [0.4, 0.5) is 5.69 Å². The molecule has 0 spiro atoms. The molecule has 0 saturated carbocycles. The average Bonchev–Trinajstić information content (AvgIpc) is 2.54. The zero-order chi connectivity index (χ0) is 14.9. The topological polar surface area (TPSA) is 38.3 Å². The van der Waals surface area contributed by atoms with Crippen molar-refractivity contribution in [1.29, 1.82) is 0 Å². The number of hydrogen-bond donors (Lipinski definition) is 1. The molecule has 2 aromatic carbocycles. The van der Waals surface area contributed by atoms with Gasteiger partial charge in [0, 0.05) is 11.7 Å². The first kappa shape index (κ1) is 15.1. The van der Waals surface area contributed by atoms with Crippen molar-refractivity contribution in [1.82, 2.24) is 0 Å². The Kier molecular flexibility index (Phi) is 5.83. The summed E-state index contributed by atoms with van der Waals surface area (Å²) in [6.45, 7) is 0. The Morgan fingerprint density at radius 1 is 1.05 bits per heavy atom. The van der Waals surface area contributed by atoms with Crippen LogP contribution in [0, 0.1) is 0 Å². The van der Waals surface area contributed by atoms with E-state index in [0.717, 1.165) is 18.5 Å². The predicted octanol–water partition coefficient (Wildman–Crippen LogP) is 3.66. The van der Waals surface area contributed by atoms with E-state index in [4.69, 9.17) is 4.74 Å². The summed E-state index contributed by atoms with van der Waals surface area (Å²) in [6, 6.07) is 20.3. The molecule has 2 aromatic rings. The van der Waals surface area contributed by atoms with Gasteiger partial charge < -0.3 is 10.1 Å². The third-order valence-electron chi connectivity index (χ3n) is 3.41. The van der Waals surface area contributed by atoms with E-state index in [1.54, 1.807) is 0 Å². The van der Waals surface area contributed by atoms with Crippen LogP contribution in [0.3, 0.4) is 0 Å². The summed E-state index contributed by atoms with van der Waals surface area (Å²) in [6.07, 6.45) is 2.19. The Labute approximate surface area is 126 Å². The lowest BCUT2D eigenvalue weighted by atomic mass is 10.0. The molecule has 0 fully saturated rings. The highest BCUT2D eigenvalue weighted by atomic mass is 16.5. The van der Waals surface area contributed by atoms with Gasteiger partial charge in [-0.15, -0.1) is 0 Å². The van der Waals surface area contributed by atoms with Gasteiger partial charge in [0.1, 0.15) is 0 Å². The first-order chi connectivity index (χ1) is 10.3. The van der Waals surface area contributed by atoms with Crippen molar-refractivity contribution in [2.75, 3.05) is 12.4 Å². The van der Waals surface area contributed by atoms with Crippen LogP contribution in [0.15, 0.2) is 60.7 Å². The number of aryl methyl sites for hydroxylation is 1. The van der Waals surface area contributed by atoms with Crippen LogP contribution < -0.4 is 5.32 Å². The summed E-state index contributed by atoms with van der Waals surface area (Å²) in [5.74, 6) is -0.184. The van der Waals surface area contributed by atoms with Crippen molar-refractivity contribution in [2.45, 2.75) is 25.3 Å². The average molecular weight is 283 g/mol. The van der Waals surface area contributed by atoms with Crippen LogP contribution >= 0.6 is 0 Å². The van der Waals surface area contributed by atoms with E-state index in [1.165, 1.54) is 12.7 Å². The van der Waals surface area contributed by atoms with Crippen LogP contribution in [0.5, 0.6) is 0 Å². The van der Waals surface area contributed by atoms with Gasteiger partial charge in [-0.1, -0.05) is 48.5 Å². The summed E-state index contributed by atoms with van der Waals surface area (Å²) >= 11 is 0. The lowest BCUT2D eigenvalue weighted by molar-refractivity contribution is -0.140. The predicted molar refractivity (Wildman–Crippen MR) is 85.2 cm³/mol. The Hall–Kier alpha value is -2.29. The lowest BCUT2D eigenvalue weighted by Gasteiger charge is -2.19. The largest absolute Gasteiger partial charge is 0.469 e. The molecule has 0 aliphatic carbocycles. The number of para-hydroxylation sites is 1. The zero-order valence-corrected chi connectivity index (χ0v) is 12.3. The summed E-state index contributed by atoms with van der Waals surface area (Å²) in [7, 11) is 1.43. The van der Waals surface area contributed by atoms with E-state index in [9.17, 15) is 4.79 Å². The minimum Gasteiger partial charge on any atom is -0.469 e. The molecule has 2 rings (SSSR count). The van der Waals surface area contributed by atoms with E-state index in [0.29, 0.717) is 6.42 Å². The molecule has 0 amide bonds. The summed E-state index contributed by atoms with van der Waals surface area (Å²) in [5, 5.41) is 3.41. The Balaban J connectivity index is 1.96. The lowest BCUT2D eigenvalue weighted by Crippen LogP contribution is -2.24. The van der Waals surface area contributed by atoms with Gasteiger partial charge in [0.2, 0.25) is 0 Å². The maximum atomic E-state index is 11.6. The molecule has 3 nitrogen and oxygen atoms in total. The quantitative estimate of drug-likeness (QED) is 0.788. The molecular weight excluding hydrogens is 262 g/mol. The van der Waals surface area contributed by atoms with Crippen LogP contribution in [0.25, 0.3) is 0 Å². The summed E-state index contributed by atoms with van der Waals surface area (Å²) in [4.78, 5) is 11.6. The number of rotatable bonds is 7. The second-order valence-electron chi connectivity index (χ2n) is 5.01. The van der Waals surface area contributed by atoms with Gasteiger partial charge in [0.05, 0.1) is 13.5 Å². The van der Waals surface area contributed by atoms with Crippen LogP contribution in [-0.2, 0) is 16.0 Å². The number of nitrogens with one attached hydrogen (secondary N) is 1. The number of carbonyl (C=O) groups is 1. The van der Waals surface area contributed by atoms with Crippen molar-refractivity contribution in [2.24, 2.45) is 0 Å². The number of ether oxygens (including phenoxy) is 1. The van der Waals surface area contributed by atoms with Crippen LogP contribution in [-0.4, -0.2) is 19.1 Å². The molecule has 0 saturated heterocycles. The van der Waals surface area contributed by atoms with Crippen molar-refractivity contribution < 1.29 is 9.53 Å². The Morgan fingerprint density at radius 2 is 1.67 bits per heavy atom. The second kappa shape index (κ2) is 8.10. The minimum atomic E-state index is -0.184. The SMILES string of the molecule is COC(=O)C[C@H](CCc1ccccc1)Nc1ccccc1. The van der Waals surface area contributed by atoms with E-state index >= 15 is 0 Å². The molecule has 0 aliphatic rings. The van der Waals surface area contributed by atoms with Crippen LogP contribution in [0.2, 0.25) is 0 Å². The first-order valence-electron chi connectivity index (χ1n) is 7.20. The molecular formula is C18H21NO2. The highest BCUT2D eigenvalue weighted by molar-refractivity contribution is 5.70. The highest BCUT2D eigenvalue weighted by Gasteiger charge is 2.14. The smallest absolute Gasteiger partial charge is 0.307 e. The first-order valence-corrected chi connectivity index (χ1v) is 7.20. The fourth-order valence-corrected chi connectivity index (χ4v) is 2.27. The molecule has 0 aromatic heterocycles. The normalized spacial score (nSPS) is 11.7. The third-order valence-corrected chi connectivity index (χ3v) is 3.41. The number of esters is 1. The van der Waals surface area contributed by atoms with Crippen molar-refractivity contribution >= 4 is 11.7 Å². The molecule has 0 bridgehead atoms. The van der Waals surface area contributed by atoms with Gasteiger partial charge >= 0.3 is 5.97 Å². The number of hydrogen-bond acceptors (Lipinski definition) is 3. The monoisotopic (exact) mass is 283 g/mol. The Bertz CT molecular complexity index is 540. The van der Waals surface area contributed by atoms with Gasteiger partial charge in [-0.25, -0.2) is 0 Å². The van der Waals surface area contributed by atoms with Gasteiger partial charge in [-0.05, 0) is 30.5 Å². The molecule has 0 unspecified atom stereocenters. The van der Waals surface area contributed by atoms with Gasteiger partial charge in [0.15, 0.2) is 0 Å². The van der Waals surface area contributed by atoms with Crippen molar-refractivity contribution in [3.05, 3.63) is 66.2 Å². The van der Waals surface area contributed by atoms with E-state index in [1.807, 2.05) is 48.5 Å². The summed E-state index contributed by atoms with van der Waals surface area (Å²) in [5.41, 5.74) is 2.31. The molecule has 21 heavy (non-hydrogen) atoms. The standard InChI is InChI=1S/C18H21NO2/c1-21-18(20)14-17(19-16-10-6-3-7-11-16)13-12-15-8-4-2-5-9-15/h2-11,17,19H,12-14H2,1H3/t17-/m0/s1. The second-order valence-corrected chi connectivity index (χ2v) is 5.01. The van der Waals surface area contributed by atoms with Crippen LogP contribution in [0.1, 0.15) is 18.4 Å². The molecule has 1 atom stereocenters.